The molecule has 0 heterocycles. The van der Waals surface area contributed by atoms with Gasteiger partial charge < -0.3 is 1.43 Å². The van der Waals surface area contributed by atoms with Gasteiger partial charge in [0.1, 0.15) is 0 Å². The molecule has 0 aliphatic rings. The summed E-state index contributed by atoms with van der Waals surface area (Å²) in [4.78, 5) is -0.396. The zero-order chi connectivity index (χ0) is 19.7. The minimum Gasteiger partial charge on any atom is -1.00 e. The molecule has 0 aromatic heterocycles. The Morgan fingerprint density at radius 3 is 1.21 bits per heavy atom. The summed E-state index contributed by atoms with van der Waals surface area (Å²) in [5.74, 6) is 0. The van der Waals surface area contributed by atoms with Gasteiger partial charge in [0, 0.05) is 0 Å². The van der Waals surface area contributed by atoms with Crippen molar-refractivity contribution in [2.24, 2.45) is 0 Å². The summed E-state index contributed by atoms with van der Waals surface area (Å²) in [5, 5.41) is 2.62. The molecule has 0 atom stereocenters. The molecular formula is C18H16NaO6PS2. The normalized spacial score (nSPS) is 11.8. The fourth-order valence-electron chi connectivity index (χ4n) is 2.56. The molecule has 10 heteroatoms. The van der Waals surface area contributed by atoms with Gasteiger partial charge in [0.15, 0.2) is 0 Å². The summed E-state index contributed by atoms with van der Waals surface area (Å²) in [6.07, 6.45) is 0. The Morgan fingerprint density at radius 1 is 0.571 bits per heavy atom. The second kappa shape index (κ2) is 9.15. The van der Waals surface area contributed by atoms with Gasteiger partial charge in [-0.05, 0) is 48.1 Å². The van der Waals surface area contributed by atoms with Crippen molar-refractivity contribution >= 4 is 44.1 Å². The molecule has 0 saturated carbocycles. The Balaban J connectivity index is 0.00000210. The molecule has 6 nitrogen and oxygen atoms in total. The first-order valence-corrected chi connectivity index (χ1v) is 11.9. The van der Waals surface area contributed by atoms with Crippen LogP contribution in [0, 0.1) is 0 Å². The van der Waals surface area contributed by atoms with Gasteiger partial charge >= 0.3 is 29.6 Å². The molecule has 0 fully saturated rings. The van der Waals surface area contributed by atoms with Crippen LogP contribution in [-0.2, 0) is 20.2 Å². The van der Waals surface area contributed by atoms with Gasteiger partial charge in [-0.1, -0.05) is 54.6 Å². The van der Waals surface area contributed by atoms with Crippen LogP contribution in [0.15, 0.2) is 88.7 Å². The van der Waals surface area contributed by atoms with Gasteiger partial charge in [-0.3, -0.25) is 9.11 Å². The number of hydrogen-bond acceptors (Lipinski definition) is 4. The molecule has 28 heavy (non-hydrogen) atoms. The Bertz CT molecular complexity index is 1080. The van der Waals surface area contributed by atoms with Crippen molar-refractivity contribution < 1.29 is 56.9 Å². The molecule has 0 spiro atoms. The van der Waals surface area contributed by atoms with E-state index in [0.717, 1.165) is 15.9 Å². The second-order valence-electron chi connectivity index (χ2n) is 5.61. The summed E-state index contributed by atoms with van der Waals surface area (Å²) in [6, 6.07) is 21.3. The summed E-state index contributed by atoms with van der Waals surface area (Å²) in [6.45, 7) is 0. The van der Waals surface area contributed by atoms with Crippen LogP contribution in [0.3, 0.4) is 0 Å². The van der Waals surface area contributed by atoms with E-state index in [0.29, 0.717) is 0 Å². The van der Waals surface area contributed by atoms with E-state index in [9.17, 15) is 16.8 Å². The van der Waals surface area contributed by atoms with E-state index in [1.54, 1.807) is 24.3 Å². The number of hydrogen-bond donors (Lipinski definition) is 2. The maximum atomic E-state index is 11.3. The summed E-state index contributed by atoms with van der Waals surface area (Å²) < 4.78 is 63.4. The molecule has 0 aliphatic carbocycles. The van der Waals surface area contributed by atoms with Gasteiger partial charge in [-0.2, -0.15) is 16.8 Å². The van der Waals surface area contributed by atoms with Crippen molar-refractivity contribution in [3.8, 4) is 0 Å². The minimum atomic E-state index is -4.28. The number of rotatable bonds is 5. The quantitative estimate of drug-likeness (QED) is 0.297. The molecule has 0 radical (unpaired) electrons. The smallest absolute Gasteiger partial charge is 1.00 e. The molecule has 0 bridgehead atoms. The predicted molar refractivity (Wildman–Crippen MR) is 106 cm³/mol. The molecule has 0 amide bonds. The largest absolute Gasteiger partial charge is 1.00 e. The van der Waals surface area contributed by atoms with Crippen molar-refractivity contribution in [2.75, 3.05) is 0 Å². The summed E-state index contributed by atoms with van der Waals surface area (Å²) in [7, 11) is -9.66. The predicted octanol–water partition coefficient (Wildman–Crippen LogP) is -0.945. The van der Waals surface area contributed by atoms with Crippen LogP contribution in [0.2, 0.25) is 0 Å². The van der Waals surface area contributed by atoms with Crippen LogP contribution < -0.4 is 45.5 Å². The maximum Gasteiger partial charge on any atom is 1.00 e. The average Bonchev–Trinajstić information content (AvgIpc) is 2.62. The zero-order valence-electron chi connectivity index (χ0n) is 15.8. The minimum absolute atomic E-state index is 0. The molecule has 3 aromatic carbocycles. The van der Waals surface area contributed by atoms with E-state index in [4.69, 9.17) is 9.11 Å². The SMILES string of the molecule is O=S(=O)(O)c1ccc(P(c2ccccc2)c2ccc(S(=O)(=O)O)cc2)cc1.[H-].[Na+]. The first kappa shape index (κ1) is 23.2. The van der Waals surface area contributed by atoms with E-state index in [-0.39, 0.29) is 40.8 Å². The third-order valence-corrected chi connectivity index (χ3v) is 7.98. The Hall–Kier alpha value is -1.09. The van der Waals surface area contributed by atoms with E-state index >= 15 is 0 Å². The first-order chi connectivity index (χ1) is 12.7. The van der Waals surface area contributed by atoms with Gasteiger partial charge in [0.05, 0.1) is 9.79 Å². The third-order valence-electron chi connectivity index (χ3n) is 3.80. The monoisotopic (exact) mass is 446 g/mol. The molecular weight excluding hydrogens is 430 g/mol. The molecule has 0 unspecified atom stereocenters. The van der Waals surface area contributed by atoms with Gasteiger partial charge in [0.25, 0.3) is 20.2 Å². The number of benzene rings is 3. The Morgan fingerprint density at radius 2 is 0.893 bits per heavy atom. The third kappa shape index (κ3) is 5.49. The average molecular weight is 446 g/mol. The van der Waals surface area contributed by atoms with E-state index < -0.39 is 28.2 Å². The van der Waals surface area contributed by atoms with Crippen LogP contribution >= 0.6 is 7.92 Å². The first-order valence-electron chi connectivity index (χ1n) is 7.66. The molecule has 2 N–H and O–H groups in total. The molecule has 0 aliphatic heterocycles. The van der Waals surface area contributed by atoms with Gasteiger partial charge in [-0.15, -0.1) is 0 Å². The molecule has 142 valence electrons. The second-order valence-corrected chi connectivity index (χ2v) is 10.7. The van der Waals surface area contributed by atoms with Crippen LogP contribution in [0.1, 0.15) is 1.43 Å². The van der Waals surface area contributed by atoms with Crippen molar-refractivity contribution in [1.82, 2.24) is 0 Å². The fraction of sp³-hybridized carbons (Fsp3) is 0. The van der Waals surface area contributed by atoms with Crippen LogP contribution in [0.25, 0.3) is 0 Å². The van der Waals surface area contributed by atoms with Crippen LogP contribution in [0.5, 0.6) is 0 Å². The van der Waals surface area contributed by atoms with Crippen molar-refractivity contribution in [1.29, 1.82) is 0 Å². The van der Waals surface area contributed by atoms with Gasteiger partial charge in [-0.25, -0.2) is 0 Å². The Kier molecular flexibility index (Phi) is 7.58. The summed E-state index contributed by atoms with van der Waals surface area (Å²) >= 11 is 0. The Labute approximate surface area is 188 Å². The molecule has 0 saturated heterocycles. The molecule has 3 rings (SSSR count). The van der Waals surface area contributed by atoms with Crippen molar-refractivity contribution in [3.05, 3.63) is 78.9 Å². The summed E-state index contributed by atoms with van der Waals surface area (Å²) in [5.41, 5.74) is 0. The topological polar surface area (TPSA) is 109 Å². The van der Waals surface area contributed by atoms with E-state index in [2.05, 4.69) is 0 Å². The van der Waals surface area contributed by atoms with Crippen molar-refractivity contribution in [3.63, 3.8) is 0 Å². The van der Waals surface area contributed by atoms with Crippen LogP contribution in [-0.4, -0.2) is 25.9 Å². The van der Waals surface area contributed by atoms with Crippen molar-refractivity contribution in [2.45, 2.75) is 9.79 Å². The fourth-order valence-corrected chi connectivity index (χ4v) is 5.78. The molecule has 3 aromatic rings. The zero-order valence-corrected chi connectivity index (χ0v) is 19.3. The standard InChI is InChI=1S/C18H15O6PS2.Na.H/c19-26(20,21)17-10-6-15(7-11-17)25(14-4-2-1-3-5-14)16-8-12-18(13-9-16)27(22,23)24;;/h1-13H,(H,19,20,21)(H,22,23,24);;/q;+1;-1. The maximum absolute atomic E-state index is 11.3. The van der Waals surface area contributed by atoms with Crippen LogP contribution in [0.4, 0.5) is 0 Å². The van der Waals surface area contributed by atoms with Gasteiger partial charge in [0.2, 0.25) is 0 Å². The van der Waals surface area contributed by atoms with E-state index in [1.807, 2.05) is 30.3 Å². The van der Waals surface area contributed by atoms with E-state index in [1.165, 1.54) is 24.3 Å².